The lowest BCUT2D eigenvalue weighted by atomic mass is 9.88. The Balaban J connectivity index is 1.75. The third-order valence-corrected chi connectivity index (χ3v) is 4.28. The van der Waals surface area contributed by atoms with Crippen molar-refractivity contribution in [3.05, 3.63) is 35.4 Å². The molecule has 1 fully saturated rings. The number of piperidine rings is 1. The van der Waals surface area contributed by atoms with Crippen LogP contribution in [0.4, 0.5) is 0 Å². The van der Waals surface area contributed by atoms with Gasteiger partial charge in [-0.1, -0.05) is 36.8 Å². The van der Waals surface area contributed by atoms with Gasteiger partial charge >= 0.3 is 0 Å². The van der Waals surface area contributed by atoms with Gasteiger partial charge in [0.15, 0.2) is 0 Å². The van der Waals surface area contributed by atoms with Crippen molar-refractivity contribution in [2.45, 2.75) is 39.7 Å². The number of rotatable bonds is 5. The van der Waals surface area contributed by atoms with E-state index in [4.69, 9.17) is 5.11 Å². The van der Waals surface area contributed by atoms with Gasteiger partial charge in [-0.05, 0) is 56.7 Å². The summed E-state index contributed by atoms with van der Waals surface area (Å²) >= 11 is 0. The predicted octanol–water partition coefficient (Wildman–Crippen LogP) is 3.23. The molecule has 0 amide bonds. The summed E-state index contributed by atoms with van der Waals surface area (Å²) in [7, 11) is 0. The van der Waals surface area contributed by atoms with Crippen LogP contribution in [0.5, 0.6) is 0 Å². The van der Waals surface area contributed by atoms with Gasteiger partial charge in [0.05, 0.1) is 0 Å². The minimum Gasteiger partial charge on any atom is -0.396 e. The van der Waals surface area contributed by atoms with Crippen molar-refractivity contribution in [2.75, 3.05) is 19.7 Å². The molecule has 2 nitrogen and oxygen atoms in total. The fourth-order valence-electron chi connectivity index (χ4n) is 2.98. The van der Waals surface area contributed by atoms with Crippen LogP contribution in [0.25, 0.3) is 0 Å². The number of hydrogen-bond acceptors (Lipinski definition) is 2. The highest BCUT2D eigenvalue weighted by Gasteiger charge is 2.20. The van der Waals surface area contributed by atoms with E-state index in [-0.39, 0.29) is 0 Å². The van der Waals surface area contributed by atoms with Crippen LogP contribution < -0.4 is 0 Å². The molecule has 1 unspecified atom stereocenters. The standard InChI is InChI=1S/C17H27NO/c1-14-3-5-17(6-4-14)12-18-9-7-16(8-10-18)11-15(2)13-19/h3-6,15-16,19H,7-13H2,1-2H3. The Morgan fingerprint density at radius 2 is 1.84 bits per heavy atom. The first-order valence-corrected chi connectivity index (χ1v) is 7.56. The first-order chi connectivity index (χ1) is 9.17. The molecule has 0 bridgehead atoms. The normalized spacial score (nSPS) is 19.5. The van der Waals surface area contributed by atoms with E-state index in [2.05, 4.69) is 43.0 Å². The topological polar surface area (TPSA) is 23.5 Å². The van der Waals surface area contributed by atoms with Gasteiger partial charge in [0.25, 0.3) is 0 Å². The molecule has 0 radical (unpaired) electrons. The van der Waals surface area contributed by atoms with Gasteiger partial charge in [0.2, 0.25) is 0 Å². The van der Waals surface area contributed by atoms with Crippen molar-refractivity contribution in [3.8, 4) is 0 Å². The van der Waals surface area contributed by atoms with E-state index in [0.717, 1.165) is 12.5 Å². The summed E-state index contributed by atoms with van der Waals surface area (Å²) in [6.07, 6.45) is 3.77. The molecule has 1 aromatic carbocycles. The minimum absolute atomic E-state index is 0.337. The summed E-state index contributed by atoms with van der Waals surface area (Å²) in [6.45, 7) is 8.12. The molecule has 19 heavy (non-hydrogen) atoms. The zero-order valence-corrected chi connectivity index (χ0v) is 12.3. The van der Waals surface area contributed by atoms with E-state index < -0.39 is 0 Å². The fourth-order valence-corrected chi connectivity index (χ4v) is 2.98. The average Bonchev–Trinajstić information content (AvgIpc) is 2.43. The zero-order chi connectivity index (χ0) is 13.7. The van der Waals surface area contributed by atoms with Crippen molar-refractivity contribution in [1.82, 2.24) is 4.90 Å². The van der Waals surface area contributed by atoms with Crippen LogP contribution in [0, 0.1) is 18.8 Å². The first kappa shape index (κ1) is 14.5. The first-order valence-electron chi connectivity index (χ1n) is 7.56. The summed E-state index contributed by atoms with van der Waals surface area (Å²) in [5.41, 5.74) is 2.76. The van der Waals surface area contributed by atoms with Gasteiger partial charge in [0, 0.05) is 13.2 Å². The Morgan fingerprint density at radius 3 is 2.42 bits per heavy atom. The number of aliphatic hydroxyl groups excluding tert-OH is 1. The SMILES string of the molecule is Cc1ccc(CN2CCC(CC(C)CO)CC2)cc1. The molecule has 1 aliphatic heterocycles. The number of nitrogens with zero attached hydrogens (tertiary/aromatic N) is 1. The Labute approximate surface area is 117 Å². The molecule has 0 aliphatic carbocycles. The smallest absolute Gasteiger partial charge is 0.0456 e. The lowest BCUT2D eigenvalue weighted by Gasteiger charge is -2.33. The molecule has 0 aromatic heterocycles. The average molecular weight is 261 g/mol. The summed E-state index contributed by atoms with van der Waals surface area (Å²) in [5.74, 6) is 1.28. The van der Waals surface area contributed by atoms with E-state index in [1.807, 2.05) is 0 Å². The molecule has 2 heteroatoms. The Morgan fingerprint density at radius 1 is 1.21 bits per heavy atom. The molecular weight excluding hydrogens is 234 g/mol. The second kappa shape index (κ2) is 7.06. The van der Waals surface area contributed by atoms with E-state index in [9.17, 15) is 0 Å². The maximum Gasteiger partial charge on any atom is 0.0456 e. The molecule has 106 valence electrons. The van der Waals surface area contributed by atoms with Crippen molar-refractivity contribution in [1.29, 1.82) is 0 Å². The molecule has 0 saturated carbocycles. The Kier molecular flexibility index (Phi) is 5.41. The maximum absolute atomic E-state index is 9.12. The fraction of sp³-hybridized carbons (Fsp3) is 0.647. The molecule has 1 heterocycles. The van der Waals surface area contributed by atoms with Crippen molar-refractivity contribution in [3.63, 3.8) is 0 Å². The zero-order valence-electron chi connectivity index (χ0n) is 12.3. The lowest BCUT2D eigenvalue weighted by molar-refractivity contribution is 0.145. The third kappa shape index (κ3) is 4.63. The van der Waals surface area contributed by atoms with Crippen molar-refractivity contribution < 1.29 is 5.11 Å². The van der Waals surface area contributed by atoms with Gasteiger partial charge in [-0.3, -0.25) is 4.90 Å². The quantitative estimate of drug-likeness (QED) is 0.879. The summed E-state index contributed by atoms with van der Waals surface area (Å²) < 4.78 is 0. The predicted molar refractivity (Wildman–Crippen MR) is 80.0 cm³/mol. The van der Waals surface area contributed by atoms with Crippen LogP contribution in [-0.4, -0.2) is 29.7 Å². The molecule has 1 aliphatic rings. The van der Waals surface area contributed by atoms with Gasteiger partial charge in [-0.15, -0.1) is 0 Å². The van der Waals surface area contributed by atoms with Gasteiger partial charge in [0.1, 0.15) is 0 Å². The van der Waals surface area contributed by atoms with Crippen LogP contribution in [-0.2, 0) is 6.54 Å². The van der Waals surface area contributed by atoms with Gasteiger partial charge in [-0.2, -0.15) is 0 Å². The molecule has 1 N–H and O–H groups in total. The van der Waals surface area contributed by atoms with E-state index in [0.29, 0.717) is 12.5 Å². The van der Waals surface area contributed by atoms with Crippen LogP contribution in [0.3, 0.4) is 0 Å². The van der Waals surface area contributed by atoms with Crippen LogP contribution in [0.1, 0.15) is 37.3 Å². The lowest BCUT2D eigenvalue weighted by Crippen LogP contribution is -2.33. The molecule has 0 spiro atoms. The van der Waals surface area contributed by atoms with Gasteiger partial charge < -0.3 is 5.11 Å². The minimum atomic E-state index is 0.337. The highest BCUT2D eigenvalue weighted by atomic mass is 16.3. The van der Waals surface area contributed by atoms with Gasteiger partial charge in [-0.25, -0.2) is 0 Å². The molecule has 1 aromatic rings. The highest BCUT2D eigenvalue weighted by molar-refractivity contribution is 5.21. The largest absolute Gasteiger partial charge is 0.396 e. The number of aliphatic hydroxyl groups is 1. The third-order valence-electron chi connectivity index (χ3n) is 4.28. The van der Waals surface area contributed by atoms with E-state index >= 15 is 0 Å². The maximum atomic E-state index is 9.12. The molecular formula is C17H27NO. The second-order valence-corrected chi connectivity index (χ2v) is 6.23. The van der Waals surface area contributed by atoms with Crippen molar-refractivity contribution >= 4 is 0 Å². The highest BCUT2D eigenvalue weighted by Crippen LogP contribution is 2.25. The number of likely N-dealkylation sites (tertiary alicyclic amines) is 1. The second-order valence-electron chi connectivity index (χ2n) is 6.23. The summed E-state index contributed by atoms with van der Waals surface area (Å²) in [6, 6.07) is 8.89. The van der Waals surface area contributed by atoms with E-state index in [1.54, 1.807) is 0 Å². The summed E-state index contributed by atoms with van der Waals surface area (Å²) in [5, 5.41) is 9.12. The number of hydrogen-bond donors (Lipinski definition) is 1. The van der Waals surface area contributed by atoms with Crippen molar-refractivity contribution in [2.24, 2.45) is 11.8 Å². The van der Waals surface area contributed by atoms with Crippen LogP contribution in [0.2, 0.25) is 0 Å². The van der Waals surface area contributed by atoms with Crippen LogP contribution in [0.15, 0.2) is 24.3 Å². The monoisotopic (exact) mass is 261 g/mol. The summed E-state index contributed by atoms with van der Waals surface area (Å²) in [4.78, 5) is 2.56. The van der Waals surface area contributed by atoms with E-state index in [1.165, 1.54) is 43.5 Å². The number of aryl methyl sites for hydroxylation is 1. The molecule has 1 saturated heterocycles. The molecule has 2 rings (SSSR count). The Bertz CT molecular complexity index is 365. The Hall–Kier alpha value is -0.860. The molecule has 1 atom stereocenters. The number of benzene rings is 1. The van der Waals surface area contributed by atoms with Crippen LogP contribution >= 0.6 is 0 Å².